The summed E-state index contributed by atoms with van der Waals surface area (Å²) in [6.07, 6.45) is 3.92. The Morgan fingerprint density at radius 2 is 2.00 bits per heavy atom. The molecule has 22 heavy (non-hydrogen) atoms. The molecule has 0 saturated heterocycles. The van der Waals surface area contributed by atoms with Crippen LogP contribution in [0.25, 0.3) is 6.08 Å². The van der Waals surface area contributed by atoms with Crippen LogP contribution in [0.5, 0.6) is 0 Å². The standard InChI is InChI=1S/C18H23N3O/c1-4-5-8-21(9-10-22-3)18-7-6-17(15(2)11-18)12-16(13-19)14-20/h6-7,11-12H,4-5,8-10H2,1-3H3. The summed E-state index contributed by atoms with van der Waals surface area (Å²) in [7, 11) is 1.71. The monoisotopic (exact) mass is 297 g/mol. The van der Waals surface area contributed by atoms with Gasteiger partial charge in [-0.15, -0.1) is 0 Å². The predicted molar refractivity (Wildman–Crippen MR) is 89.4 cm³/mol. The van der Waals surface area contributed by atoms with Crippen LogP contribution in [-0.2, 0) is 4.74 Å². The van der Waals surface area contributed by atoms with Gasteiger partial charge in [0.15, 0.2) is 0 Å². The van der Waals surface area contributed by atoms with E-state index < -0.39 is 0 Å². The highest BCUT2D eigenvalue weighted by molar-refractivity contribution is 5.66. The van der Waals surface area contributed by atoms with E-state index in [9.17, 15) is 0 Å². The lowest BCUT2D eigenvalue weighted by molar-refractivity contribution is 0.205. The summed E-state index contributed by atoms with van der Waals surface area (Å²) < 4.78 is 5.19. The SMILES string of the molecule is CCCCN(CCOC)c1ccc(C=C(C#N)C#N)c(C)c1. The van der Waals surface area contributed by atoms with Gasteiger partial charge in [0.25, 0.3) is 0 Å². The van der Waals surface area contributed by atoms with Crippen molar-refractivity contribution in [3.63, 3.8) is 0 Å². The van der Waals surface area contributed by atoms with Gasteiger partial charge in [0.05, 0.1) is 6.61 Å². The zero-order valence-electron chi connectivity index (χ0n) is 13.6. The first-order chi connectivity index (χ1) is 10.7. The maximum absolute atomic E-state index is 8.85. The van der Waals surface area contributed by atoms with E-state index in [1.165, 1.54) is 0 Å². The highest BCUT2D eigenvalue weighted by atomic mass is 16.5. The summed E-state index contributed by atoms with van der Waals surface area (Å²) in [5.74, 6) is 0. The second kappa shape index (κ2) is 9.60. The first-order valence-electron chi connectivity index (χ1n) is 7.52. The van der Waals surface area contributed by atoms with Crippen molar-refractivity contribution in [1.82, 2.24) is 0 Å². The molecule has 0 aromatic heterocycles. The van der Waals surface area contributed by atoms with Crippen molar-refractivity contribution in [3.05, 3.63) is 34.9 Å². The van der Waals surface area contributed by atoms with Crippen LogP contribution in [0.1, 0.15) is 30.9 Å². The van der Waals surface area contributed by atoms with Crippen molar-refractivity contribution >= 4 is 11.8 Å². The average Bonchev–Trinajstić information content (AvgIpc) is 2.54. The van der Waals surface area contributed by atoms with Gasteiger partial charge in [0.2, 0.25) is 0 Å². The molecule has 4 nitrogen and oxygen atoms in total. The number of anilines is 1. The second-order valence-electron chi connectivity index (χ2n) is 5.16. The number of nitriles is 2. The van der Waals surface area contributed by atoms with Crippen LogP contribution in [0.2, 0.25) is 0 Å². The number of hydrogen-bond donors (Lipinski definition) is 0. The first-order valence-corrected chi connectivity index (χ1v) is 7.52. The van der Waals surface area contributed by atoms with Gasteiger partial charge in [-0.1, -0.05) is 19.4 Å². The number of allylic oxidation sites excluding steroid dienone is 1. The van der Waals surface area contributed by atoms with Crippen molar-refractivity contribution < 1.29 is 4.74 Å². The lowest BCUT2D eigenvalue weighted by Crippen LogP contribution is -2.28. The zero-order chi connectivity index (χ0) is 16.4. The Bertz CT molecular complexity index is 569. The molecule has 0 aliphatic heterocycles. The summed E-state index contributed by atoms with van der Waals surface area (Å²) in [6.45, 7) is 6.72. The predicted octanol–water partition coefficient (Wildman–Crippen LogP) is 3.68. The Morgan fingerprint density at radius 3 is 2.55 bits per heavy atom. The second-order valence-corrected chi connectivity index (χ2v) is 5.16. The molecule has 0 bridgehead atoms. The molecule has 0 N–H and O–H groups in total. The first kappa shape index (κ1) is 17.8. The molecular weight excluding hydrogens is 274 g/mol. The zero-order valence-corrected chi connectivity index (χ0v) is 13.6. The Kier molecular flexibility index (Phi) is 7.75. The van der Waals surface area contributed by atoms with Crippen molar-refractivity contribution in [2.24, 2.45) is 0 Å². The Labute approximate surface area is 133 Å². The van der Waals surface area contributed by atoms with Crippen LogP contribution in [0, 0.1) is 29.6 Å². The van der Waals surface area contributed by atoms with Crippen LogP contribution < -0.4 is 4.90 Å². The van der Waals surface area contributed by atoms with Crippen molar-refractivity contribution in [2.75, 3.05) is 31.7 Å². The third kappa shape index (κ3) is 5.24. The number of benzene rings is 1. The number of methoxy groups -OCH3 is 1. The Balaban J connectivity index is 3.00. The molecule has 0 radical (unpaired) electrons. The highest BCUT2D eigenvalue weighted by Gasteiger charge is 2.08. The summed E-state index contributed by atoms with van der Waals surface area (Å²) in [5.41, 5.74) is 3.23. The Morgan fingerprint density at radius 1 is 1.27 bits per heavy atom. The van der Waals surface area contributed by atoms with Crippen molar-refractivity contribution in [1.29, 1.82) is 10.5 Å². The smallest absolute Gasteiger partial charge is 0.130 e. The van der Waals surface area contributed by atoms with Gasteiger partial charge >= 0.3 is 0 Å². The van der Waals surface area contributed by atoms with Gasteiger partial charge in [-0.2, -0.15) is 10.5 Å². The molecule has 0 atom stereocenters. The van der Waals surface area contributed by atoms with Crippen LogP contribution >= 0.6 is 0 Å². The van der Waals surface area contributed by atoms with E-state index >= 15 is 0 Å². The lowest BCUT2D eigenvalue weighted by atomic mass is 10.0. The summed E-state index contributed by atoms with van der Waals surface area (Å²) in [6, 6.07) is 9.89. The maximum Gasteiger partial charge on any atom is 0.130 e. The van der Waals surface area contributed by atoms with E-state index in [-0.39, 0.29) is 5.57 Å². The molecule has 0 fully saturated rings. The molecule has 0 aliphatic carbocycles. The van der Waals surface area contributed by atoms with E-state index in [4.69, 9.17) is 15.3 Å². The molecule has 1 aromatic carbocycles. The number of unbranched alkanes of at least 4 members (excludes halogenated alkanes) is 1. The topological polar surface area (TPSA) is 60.0 Å². The largest absolute Gasteiger partial charge is 0.383 e. The normalized spacial score (nSPS) is 9.68. The summed E-state index contributed by atoms with van der Waals surface area (Å²) in [4.78, 5) is 2.31. The van der Waals surface area contributed by atoms with Crippen molar-refractivity contribution in [2.45, 2.75) is 26.7 Å². The molecule has 0 aliphatic rings. The van der Waals surface area contributed by atoms with E-state index in [2.05, 4.69) is 17.9 Å². The van der Waals surface area contributed by atoms with E-state index in [1.54, 1.807) is 13.2 Å². The molecule has 1 aromatic rings. The summed E-state index contributed by atoms with van der Waals surface area (Å²) in [5, 5.41) is 17.7. The third-order valence-electron chi connectivity index (χ3n) is 3.51. The summed E-state index contributed by atoms with van der Waals surface area (Å²) >= 11 is 0. The average molecular weight is 297 g/mol. The molecule has 4 heteroatoms. The molecule has 0 unspecified atom stereocenters. The molecule has 1 rings (SSSR count). The Hall–Kier alpha value is -2.30. The molecule has 0 heterocycles. The minimum atomic E-state index is 0.123. The van der Waals surface area contributed by atoms with E-state index in [0.717, 1.165) is 42.7 Å². The molecule has 116 valence electrons. The maximum atomic E-state index is 8.85. The number of aryl methyl sites for hydroxylation is 1. The van der Waals surface area contributed by atoms with Gasteiger partial charge in [-0.3, -0.25) is 0 Å². The van der Waals surface area contributed by atoms with Crippen LogP contribution in [-0.4, -0.2) is 26.8 Å². The van der Waals surface area contributed by atoms with Gasteiger partial charge in [-0.05, 0) is 42.7 Å². The highest BCUT2D eigenvalue weighted by Crippen LogP contribution is 2.21. The number of hydrogen-bond acceptors (Lipinski definition) is 4. The molecular formula is C18H23N3O. The van der Waals surface area contributed by atoms with Crippen LogP contribution in [0.3, 0.4) is 0 Å². The van der Waals surface area contributed by atoms with Gasteiger partial charge in [-0.25, -0.2) is 0 Å². The number of ether oxygens (including phenoxy) is 1. The van der Waals surface area contributed by atoms with Crippen molar-refractivity contribution in [3.8, 4) is 12.1 Å². The molecule has 0 saturated carbocycles. The molecule has 0 spiro atoms. The number of rotatable bonds is 8. The van der Waals surface area contributed by atoms with Crippen LogP contribution in [0.15, 0.2) is 23.8 Å². The van der Waals surface area contributed by atoms with E-state index in [1.807, 2.05) is 31.2 Å². The van der Waals surface area contributed by atoms with E-state index in [0.29, 0.717) is 6.61 Å². The number of nitrogens with zero attached hydrogens (tertiary/aromatic N) is 3. The van der Waals surface area contributed by atoms with Crippen LogP contribution in [0.4, 0.5) is 5.69 Å². The quantitative estimate of drug-likeness (QED) is 0.687. The lowest BCUT2D eigenvalue weighted by Gasteiger charge is -2.25. The third-order valence-corrected chi connectivity index (χ3v) is 3.51. The van der Waals surface area contributed by atoms with Gasteiger partial charge in [0, 0.05) is 25.9 Å². The minimum Gasteiger partial charge on any atom is -0.383 e. The fourth-order valence-corrected chi connectivity index (χ4v) is 2.18. The fourth-order valence-electron chi connectivity index (χ4n) is 2.18. The van der Waals surface area contributed by atoms with Gasteiger partial charge < -0.3 is 9.64 Å². The minimum absolute atomic E-state index is 0.123. The fraction of sp³-hybridized carbons (Fsp3) is 0.444. The molecule has 0 amide bonds. The van der Waals surface area contributed by atoms with Gasteiger partial charge in [0.1, 0.15) is 17.7 Å².